The number of hydrogen-bond donors (Lipinski definition) is 1. The minimum atomic E-state index is -0.0101. The molecule has 0 aromatic carbocycles. The van der Waals surface area contributed by atoms with Crippen LogP contribution in [0.2, 0.25) is 0 Å². The van der Waals surface area contributed by atoms with Crippen molar-refractivity contribution in [2.24, 2.45) is 0 Å². The molecule has 1 aliphatic carbocycles. The quantitative estimate of drug-likeness (QED) is 0.896. The number of aliphatic hydroxyl groups excluding tert-OH is 1. The smallest absolute Gasteiger partial charge is 0.138 e. The van der Waals surface area contributed by atoms with Crippen LogP contribution in [0.1, 0.15) is 23.3 Å². The zero-order chi connectivity index (χ0) is 12.4. The van der Waals surface area contributed by atoms with Crippen molar-refractivity contribution in [1.82, 2.24) is 9.97 Å². The van der Waals surface area contributed by atoms with E-state index in [1.54, 1.807) is 23.9 Å². The number of anilines is 1. The Hall–Kier alpha value is -1.46. The minimum Gasteiger partial charge on any atom is -0.391 e. The molecule has 94 valence electrons. The predicted octanol–water partition coefficient (Wildman–Crippen LogP) is 2.20. The molecule has 0 saturated heterocycles. The summed E-state index contributed by atoms with van der Waals surface area (Å²) in [5.74, 6) is 0.878. The Morgan fingerprint density at radius 2 is 2.33 bits per heavy atom. The molecule has 2 heterocycles. The van der Waals surface area contributed by atoms with Gasteiger partial charge >= 0.3 is 0 Å². The molecule has 0 atom stereocenters. The second-order valence-corrected chi connectivity index (χ2v) is 5.50. The second kappa shape index (κ2) is 5.04. The van der Waals surface area contributed by atoms with Crippen molar-refractivity contribution in [2.75, 3.05) is 4.90 Å². The molecule has 2 aromatic rings. The molecule has 1 saturated carbocycles. The molecule has 2 aromatic heterocycles. The third-order valence-corrected chi connectivity index (χ3v) is 3.96. The summed E-state index contributed by atoms with van der Waals surface area (Å²) in [5.41, 5.74) is 0.806. The summed E-state index contributed by atoms with van der Waals surface area (Å²) in [7, 11) is 0. The number of nitrogens with zero attached hydrogens (tertiary/aromatic N) is 3. The number of aliphatic hydroxyl groups is 1. The van der Waals surface area contributed by atoms with Crippen molar-refractivity contribution < 1.29 is 5.11 Å². The van der Waals surface area contributed by atoms with Gasteiger partial charge < -0.3 is 10.0 Å². The Morgan fingerprint density at radius 1 is 1.44 bits per heavy atom. The molecule has 0 bridgehead atoms. The summed E-state index contributed by atoms with van der Waals surface area (Å²) in [6.45, 7) is 0.857. The van der Waals surface area contributed by atoms with Crippen LogP contribution < -0.4 is 4.90 Å². The lowest BCUT2D eigenvalue weighted by Gasteiger charge is -2.24. The van der Waals surface area contributed by atoms with Gasteiger partial charge in [0.25, 0.3) is 0 Å². The highest BCUT2D eigenvalue weighted by molar-refractivity contribution is 7.09. The van der Waals surface area contributed by atoms with Crippen LogP contribution in [0.4, 0.5) is 5.82 Å². The van der Waals surface area contributed by atoms with E-state index in [1.165, 1.54) is 17.7 Å². The van der Waals surface area contributed by atoms with Crippen LogP contribution in [0.3, 0.4) is 0 Å². The van der Waals surface area contributed by atoms with Gasteiger partial charge in [-0.1, -0.05) is 6.07 Å². The first-order chi connectivity index (χ1) is 8.88. The van der Waals surface area contributed by atoms with Crippen LogP contribution >= 0.6 is 11.3 Å². The number of thiophene rings is 1. The van der Waals surface area contributed by atoms with E-state index in [0.717, 1.165) is 17.9 Å². The number of rotatable bonds is 5. The van der Waals surface area contributed by atoms with Crippen LogP contribution in [-0.4, -0.2) is 21.1 Å². The zero-order valence-electron chi connectivity index (χ0n) is 9.99. The normalized spacial score (nSPS) is 14.7. The summed E-state index contributed by atoms with van der Waals surface area (Å²) in [6.07, 6.45) is 5.67. The van der Waals surface area contributed by atoms with E-state index in [0.29, 0.717) is 6.04 Å². The van der Waals surface area contributed by atoms with Crippen LogP contribution in [0, 0.1) is 0 Å². The summed E-state index contributed by atoms with van der Waals surface area (Å²) in [4.78, 5) is 11.9. The zero-order valence-corrected chi connectivity index (χ0v) is 10.8. The largest absolute Gasteiger partial charge is 0.391 e. The van der Waals surface area contributed by atoms with Crippen LogP contribution in [0.5, 0.6) is 0 Å². The van der Waals surface area contributed by atoms with Gasteiger partial charge in [-0.05, 0) is 24.3 Å². The van der Waals surface area contributed by atoms with Gasteiger partial charge in [-0.15, -0.1) is 11.3 Å². The van der Waals surface area contributed by atoms with E-state index >= 15 is 0 Å². The maximum Gasteiger partial charge on any atom is 0.138 e. The van der Waals surface area contributed by atoms with E-state index in [-0.39, 0.29) is 6.61 Å². The fraction of sp³-hybridized carbons (Fsp3) is 0.385. The van der Waals surface area contributed by atoms with Gasteiger partial charge in [0, 0.05) is 22.7 Å². The number of aromatic nitrogens is 2. The molecule has 0 aliphatic heterocycles. The molecule has 0 unspecified atom stereocenters. The maximum atomic E-state index is 9.39. The molecule has 3 rings (SSSR count). The van der Waals surface area contributed by atoms with Gasteiger partial charge in [0.15, 0.2) is 0 Å². The third kappa shape index (κ3) is 2.37. The summed E-state index contributed by atoms with van der Waals surface area (Å²) < 4.78 is 0. The van der Waals surface area contributed by atoms with Gasteiger partial charge in [0.2, 0.25) is 0 Å². The van der Waals surface area contributed by atoms with Gasteiger partial charge in [0.05, 0.1) is 13.2 Å². The first-order valence-corrected chi connectivity index (χ1v) is 6.95. The van der Waals surface area contributed by atoms with Crippen molar-refractivity contribution in [3.05, 3.63) is 40.5 Å². The molecule has 1 aliphatic rings. The highest BCUT2D eigenvalue weighted by Crippen LogP contribution is 2.34. The lowest BCUT2D eigenvalue weighted by Crippen LogP contribution is -2.26. The van der Waals surface area contributed by atoms with E-state index < -0.39 is 0 Å². The van der Waals surface area contributed by atoms with E-state index in [4.69, 9.17) is 0 Å². The lowest BCUT2D eigenvalue weighted by atomic mass is 10.3. The average molecular weight is 261 g/mol. The Labute approximate surface area is 110 Å². The van der Waals surface area contributed by atoms with E-state index in [9.17, 15) is 5.11 Å². The molecule has 0 spiro atoms. The Kier molecular flexibility index (Phi) is 3.25. The van der Waals surface area contributed by atoms with Gasteiger partial charge in [-0.3, -0.25) is 0 Å². The molecule has 5 heteroatoms. The summed E-state index contributed by atoms with van der Waals surface area (Å²) >= 11 is 1.76. The first kappa shape index (κ1) is 11.6. The topological polar surface area (TPSA) is 49.3 Å². The summed E-state index contributed by atoms with van der Waals surface area (Å²) in [5, 5.41) is 11.5. The van der Waals surface area contributed by atoms with Gasteiger partial charge in [0.1, 0.15) is 12.1 Å². The van der Waals surface area contributed by atoms with Crippen LogP contribution in [-0.2, 0) is 13.2 Å². The SMILES string of the molecule is OCc1cncnc1N(Cc1cccs1)C1CC1. The fourth-order valence-electron chi connectivity index (χ4n) is 2.06. The van der Waals surface area contributed by atoms with Crippen molar-refractivity contribution >= 4 is 17.2 Å². The highest BCUT2D eigenvalue weighted by Gasteiger charge is 2.31. The first-order valence-electron chi connectivity index (χ1n) is 6.07. The van der Waals surface area contributed by atoms with Crippen molar-refractivity contribution in [2.45, 2.75) is 32.0 Å². The Bertz CT molecular complexity index is 511. The van der Waals surface area contributed by atoms with Crippen LogP contribution in [0.25, 0.3) is 0 Å². The molecule has 1 N–H and O–H groups in total. The minimum absolute atomic E-state index is 0.0101. The molecule has 4 nitrogen and oxygen atoms in total. The van der Waals surface area contributed by atoms with Gasteiger partial charge in [-0.2, -0.15) is 0 Å². The Balaban J connectivity index is 1.89. The molecular formula is C13H15N3OS. The molecule has 1 fully saturated rings. The van der Waals surface area contributed by atoms with E-state index in [2.05, 4.69) is 32.4 Å². The van der Waals surface area contributed by atoms with Gasteiger partial charge in [-0.25, -0.2) is 9.97 Å². The third-order valence-electron chi connectivity index (χ3n) is 3.10. The fourth-order valence-corrected chi connectivity index (χ4v) is 2.76. The highest BCUT2D eigenvalue weighted by atomic mass is 32.1. The molecule has 0 amide bonds. The monoisotopic (exact) mass is 261 g/mol. The number of hydrogen-bond acceptors (Lipinski definition) is 5. The van der Waals surface area contributed by atoms with Crippen molar-refractivity contribution in [1.29, 1.82) is 0 Å². The second-order valence-electron chi connectivity index (χ2n) is 4.47. The lowest BCUT2D eigenvalue weighted by molar-refractivity contribution is 0.281. The van der Waals surface area contributed by atoms with Crippen molar-refractivity contribution in [3.63, 3.8) is 0 Å². The Morgan fingerprint density at radius 3 is 3.00 bits per heavy atom. The molecule has 18 heavy (non-hydrogen) atoms. The molecular weight excluding hydrogens is 246 g/mol. The summed E-state index contributed by atoms with van der Waals surface area (Å²) in [6, 6.07) is 4.77. The van der Waals surface area contributed by atoms with E-state index in [1.807, 2.05) is 0 Å². The van der Waals surface area contributed by atoms with Crippen LogP contribution in [0.15, 0.2) is 30.0 Å². The van der Waals surface area contributed by atoms with Crippen molar-refractivity contribution in [3.8, 4) is 0 Å². The average Bonchev–Trinajstić information content (AvgIpc) is 3.13. The maximum absolute atomic E-state index is 9.39. The standard InChI is InChI=1S/C13H15N3OS/c17-8-10-6-14-9-15-13(10)16(11-3-4-11)7-12-2-1-5-18-12/h1-2,5-6,9,11,17H,3-4,7-8H2. The predicted molar refractivity (Wildman–Crippen MR) is 71.5 cm³/mol. The molecule has 0 radical (unpaired) electrons.